The number of aliphatic hydroxyl groups is 1. The van der Waals surface area contributed by atoms with Gasteiger partial charge in [-0.2, -0.15) is 8.78 Å². The maximum Gasteiger partial charge on any atom is 0.399 e. The minimum absolute atomic E-state index is 0.0122. The van der Waals surface area contributed by atoms with Gasteiger partial charge < -0.3 is 60.3 Å². The summed E-state index contributed by atoms with van der Waals surface area (Å²) in [7, 11) is -5.89. The van der Waals surface area contributed by atoms with E-state index >= 15 is 4.79 Å². The van der Waals surface area contributed by atoms with Gasteiger partial charge in [-0.05, 0) is 88.2 Å². The average Bonchev–Trinajstić information content (AvgIpc) is 1.77. The molecule has 2 saturated heterocycles. The number of carbonyl (C=O) groups excluding carboxylic acids is 7. The minimum atomic E-state index is -5.89. The summed E-state index contributed by atoms with van der Waals surface area (Å²) in [5.74, 6) is -3.93. The number of carbonyl (C=O) groups is 7. The van der Waals surface area contributed by atoms with Gasteiger partial charge in [0.2, 0.25) is 29.5 Å². The quantitative estimate of drug-likeness (QED) is 0.0422. The summed E-state index contributed by atoms with van der Waals surface area (Å²) in [5, 5.41) is 22.0. The highest BCUT2D eigenvalue weighted by atomic mass is 32.1. The molecule has 4 aromatic carbocycles. The SMILES string of the molecule is Cc1ncsc1-c1ccc(C(C)NC(=O)[C@@H]2C[C@@H](O)CN2C(=O)C(NC(=O)CNC(=O)COc2ccc3c(c2)CN(C(=O)C(NC(=O)c2cc4cc(C(F)(F)P(=O)(O)O)ccc4s2)C(C)(C)C)[C@H](C(=O)N2CCO[C@H](c4ccccc4)C2)C3)C(C)(C)C)cc1. The second-order valence-corrected chi connectivity index (χ2v) is 28.4. The van der Waals surface area contributed by atoms with E-state index in [0.29, 0.717) is 15.8 Å². The molecule has 7 N–H and O–H groups in total. The van der Waals surface area contributed by atoms with Crippen molar-refractivity contribution in [3.63, 3.8) is 0 Å². The Morgan fingerprint density at radius 2 is 1.49 bits per heavy atom. The number of β-amino-alcohol motifs (C(OH)–C–C–N with tert-alkyl or cyclic N) is 1. The van der Waals surface area contributed by atoms with Crippen LogP contribution in [0.15, 0.2) is 103 Å². The highest BCUT2D eigenvalue weighted by Gasteiger charge is 2.51. The average molecular weight is 1280 g/mol. The third-order valence-electron chi connectivity index (χ3n) is 16.1. The largest absolute Gasteiger partial charge is 0.484 e. The fourth-order valence-electron chi connectivity index (χ4n) is 11.2. The van der Waals surface area contributed by atoms with E-state index in [1.54, 1.807) is 70.2 Å². The van der Waals surface area contributed by atoms with E-state index in [2.05, 4.69) is 26.3 Å². The number of nitrogens with one attached hydrogen (secondary N) is 4. The molecule has 26 heteroatoms. The molecule has 3 aliphatic heterocycles. The Hall–Kier alpha value is -7.51. The van der Waals surface area contributed by atoms with Crippen LogP contribution in [-0.4, -0.2) is 146 Å². The lowest BCUT2D eigenvalue weighted by atomic mass is 9.84. The summed E-state index contributed by atoms with van der Waals surface area (Å²) in [6.07, 6.45) is -1.39. The molecule has 7 atom stereocenters. The molecule has 0 saturated carbocycles. The molecular weight excluding hydrogens is 1210 g/mol. The smallest absolute Gasteiger partial charge is 0.399 e. The summed E-state index contributed by atoms with van der Waals surface area (Å²) in [6.45, 7) is 13.5. The molecule has 21 nitrogen and oxygen atoms in total. The first-order valence-electron chi connectivity index (χ1n) is 29.0. The number of aromatic nitrogens is 1. The molecule has 3 aliphatic rings. The van der Waals surface area contributed by atoms with E-state index in [1.165, 1.54) is 33.3 Å². The van der Waals surface area contributed by atoms with Crippen molar-refractivity contribution >= 4 is 81.7 Å². The van der Waals surface area contributed by atoms with Crippen LogP contribution in [0.3, 0.4) is 0 Å². The molecule has 9 rings (SSSR count). The number of hydrogen-bond acceptors (Lipinski definition) is 14. The normalized spacial score (nSPS) is 19.2. The molecule has 0 radical (unpaired) electrons. The molecule has 2 aromatic heterocycles. The first-order valence-corrected chi connectivity index (χ1v) is 32.3. The first kappa shape index (κ1) is 65.9. The fraction of sp³-hybridized carbons (Fsp3) is 0.429. The Kier molecular flexibility index (Phi) is 19.6. The summed E-state index contributed by atoms with van der Waals surface area (Å²) < 4.78 is 53.5. The van der Waals surface area contributed by atoms with Gasteiger partial charge in [0.15, 0.2) is 6.61 Å². The van der Waals surface area contributed by atoms with E-state index in [-0.39, 0.29) is 67.5 Å². The van der Waals surface area contributed by atoms with Gasteiger partial charge in [-0.3, -0.25) is 38.1 Å². The van der Waals surface area contributed by atoms with Gasteiger partial charge in [-0.25, -0.2) is 4.98 Å². The van der Waals surface area contributed by atoms with E-state index < -0.39 is 121 Å². The van der Waals surface area contributed by atoms with Crippen LogP contribution < -0.4 is 26.0 Å². The molecule has 6 aromatic rings. The molecule has 3 unspecified atom stereocenters. The van der Waals surface area contributed by atoms with Gasteiger partial charge >= 0.3 is 13.3 Å². The molecule has 5 heterocycles. The number of morpholine rings is 1. The number of hydrogen-bond donors (Lipinski definition) is 7. The van der Waals surface area contributed by atoms with E-state index in [9.17, 15) is 57.0 Å². The second kappa shape index (κ2) is 26.5. The van der Waals surface area contributed by atoms with Gasteiger partial charge in [-0.1, -0.05) is 108 Å². The molecule has 7 amide bonds. The number of amides is 7. The fourth-order valence-corrected chi connectivity index (χ4v) is 13.4. The van der Waals surface area contributed by atoms with Crippen molar-refractivity contribution < 1.29 is 71.3 Å². The third-order valence-corrected chi connectivity index (χ3v) is 19.2. The number of ether oxygens (including phenoxy) is 2. The summed E-state index contributed by atoms with van der Waals surface area (Å²) in [6, 6.07) is 21.5. The topological polar surface area (TPSA) is 286 Å². The van der Waals surface area contributed by atoms with Crippen LogP contribution in [0.4, 0.5) is 8.78 Å². The van der Waals surface area contributed by atoms with Crippen LogP contribution in [0.25, 0.3) is 20.5 Å². The Bertz CT molecular complexity index is 3700. The van der Waals surface area contributed by atoms with Crippen LogP contribution in [0, 0.1) is 17.8 Å². The zero-order valence-corrected chi connectivity index (χ0v) is 53.0. The Morgan fingerprint density at radius 3 is 2.16 bits per heavy atom. The lowest BCUT2D eigenvalue weighted by molar-refractivity contribution is -0.153. The summed E-state index contributed by atoms with van der Waals surface area (Å²) in [5.41, 5.74) is -0.625. The van der Waals surface area contributed by atoms with Crippen molar-refractivity contribution in [1.82, 2.24) is 41.0 Å². The molecular formula is C63H73F2N8O13PS2. The van der Waals surface area contributed by atoms with Gasteiger partial charge in [0, 0.05) is 42.7 Å². The van der Waals surface area contributed by atoms with E-state index in [4.69, 9.17) is 9.47 Å². The Morgan fingerprint density at radius 1 is 0.809 bits per heavy atom. The van der Waals surface area contributed by atoms with Gasteiger partial charge in [0.1, 0.15) is 36.0 Å². The monoisotopic (exact) mass is 1280 g/mol. The zero-order valence-electron chi connectivity index (χ0n) is 50.5. The lowest BCUT2D eigenvalue weighted by Gasteiger charge is -2.43. The Labute approximate surface area is 521 Å². The van der Waals surface area contributed by atoms with Crippen LogP contribution >= 0.6 is 30.3 Å². The zero-order chi connectivity index (χ0) is 64.5. The van der Waals surface area contributed by atoms with E-state index in [0.717, 1.165) is 50.7 Å². The molecule has 0 bridgehead atoms. The van der Waals surface area contributed by atoms with Crippen LogP contribution in [0.2, 0.25) is 0 Å². The predicted molar refractivity (Wildman–Crippen MR) is 330 cm³/mol. The number of likely N-dealkylation sites (tertiary alicyclic amines) is 1. The molecule has 2 fully saturated rings. The van der Waals surface area contributed by atoms with Crippen molar-refractivity contribution in [1.29, 1.82) is 0 Å². The van der Waals surface area contributed by atoms with Crippen molar-refractivity contribution in [3.8, 4) is 16.2 Å². The number of fused-ring (bicyclic) bond motifs is 2. The highest BCUT2D eigenvalue weighted by molar-refractivity contribution is 7.52. The van der Waals surface area contributed by atoms with Crippen molar-refractivity contribution in [3.05, 3.63) is 141 Å². The van der Waals surface area contributed by atoms with Crippen molar-refractivity contribution in [2.75, 3.05) is 39.4 Å². The van der Waals surface area contributed by atoms with Crippen molar-refractivity contribution in [2.45, 2.75) is 123 Å². The third kappa shape index (κ3) is 15.1. The number of halogens is 2. The van der Waals surface area contributed by atoms with Crippen LogP contribution in [-0.2, 0) is 56.7 Å². The van der Waals surface area contributed by atoms with Crippen LogP contribution in [0.5, 0.6) is 5.75 Å². The second-order valence-electron chi connectivity index (χ2n) is 24.8. The first-order chi connectivity index (χ1) is 41.9. The number of thiophene rings is 1. The summed E-state index contributed by atoms with van der Waals surface area (Å²) >= 11 is 2.46. The molecule has 0 spiro atoms. The maximum atomic E-state index is 15.3. The molecule has 89 heavy (non-hydrogen) atoms. The lowest BCUT2D eigenvalue weighted by Crippen LogP contribution is -2.61. The van der Waals surface area contributed by atoms with Crippen molar-refractivity contribution in [2.24, 2.45) is 10.8 Å². The minimum Gasteiger partial charge on any atom is -0.484 e. The maximum absolute atomic E-state index is 15.3. The standard InChI is InChI=1S/C63H73F2N8O13PS2/c1-35(37-14-16-39(17-15-37)53-36(2)67-34-88-53)68-56(77)46-28-44(74)31-73(46)59(80)54(61(3,4)5)69-51(75)29-66-52(76)33-86-45-20-18-40-26-47(58(79)71-22-23-85-48(32-71)38-12-10-9-11-13-38)72(30-42(40)25-45)60(81)55(62(6,7)8)70-57(78)50-27-41-24-43(19-21-49(41)89-50)63(64,65)87(82,83)84/h9-21,24-25,27,34-35,44,46-48,54-55,74H,22-23,26,28-33H2,1-8H3,(H,66,76)(H,68,77)(H,69,75)(H,70,78)(H2,82,83,84)/t35?,44-,46+,47+,48+,54?,55?/m1/s1. The summed E-state index contributed by atoms with van der Waals surface area (Å²) in [4.78, 5) is 128. The number of aryl methyl sites for hydroxylation is 1. The highest BCUT2D eigenvalue weighted by Crippen LogP contribution is 2.59. The van der Waals surface area contributed by atoms with Gasteiger partial charge in [0.05, 0.1) is 52.8 Å². The predicted octanol–water partition coefficient (Wildman–Crippen LogP) is 7.12. The van der Waals surface area contributed by atoms with Crippen LogP contribution in [0.1, 0.15) is 110 Å². The number of benzene rings is 4. The number of aliphatic hydroxyl groups excluding tert-OH is 1. The van der Waals surface area contributed by atoms with Gasteiger partial charge in [-0.15, -0.1) is 22.7 Å². The molecule has 0 aliphatic carbocycles. The van der Waals surface area contributed by atoms with E-state index in [1.807, 2.05) is 68.4 Å². The number of rotatable bonds is 18. The number of nitrogens with zero attached hydrogens (tertiary/aromatic N) is 4. The molecule has 474 valence electrons. The van der Waals surface area contributed by atoms with Gasteiger partial charge in [0.25, 0.3) is 11.8 Å². The Balaban J connectivity index is 0.857. The number of alkyl halides is 2. The number of thiazole rings is 1.